The van der Waals surface area contributed by atoms with Crippen molar-refractivity contribution in [2.45, 2.75) is 64.7 Å². The minimum Gasteiger partial charge on any atom is -0.392 e. The first-order chi connectivity index (χ1) is 8.07. The van der Waals surface area contributed by atoms with Crippen LogP contribution < -0.4 is 5.32 Å². The molecule has 3 nitrogen and oxygen atoms in total. The van der Waals surface area contributed by atoms with E-state index < -0.39 is 0 Å². The molecule has 1 heterocycles. The SMILES string of the molecule is CCCC(O)CNC1C2CCCOC2C1(C)C. The molecule has 3 heteroatoms. The van der Waals surface area contributed by atoms with Gasteiger partial charge in [0.1, 0.15) is 0 Å². The maximum atomic E-state index is 9.79. The van der Waals surface area contributed by atoms with E-state index in [4.69, 9.17) is 4.74 Å². The van der Waals surface area contributed by atoms with Crippen LogP contribution in [-0.4, -0.2) is 36.5 Å². The smallest absolute Gasteiger partial charge is 0.0684 e. The fraction of sp³-hybridized carbons (Fsp3) is 1.00. The minimum atomic E-state index is -0.195. The maximum Gasteiger partial charge on any atom is 0.0684 e. The summed E-state index contributed by atoms with van der Waals surface area (Å²) in [5, 5.41) is 13.4. The summed E-state index contributed by atoms with van der Waals surface area (Å²) in [6.07, 6.45) is 4.63. The Bertz CT molecular complexity index is 255. The molecule has 0 aromatic rings. The average Bonchev–Trinajstić information content (AvgIpc) is 2.29. The molecule has 0 aromatic heterocycles. The van der Waals surface area contributed by atoms with E-state index in [9.17, 15) is 5.11 Å². The fourth-order valence-corrected chi connectivity index (χ4v) is 3.64. The first-order valence-electron chi connectivity index (χ1n) is 7.10. The van der Waals surface area contributed by atoms with E-state index >= 15 is 0 Å². The van der Waals surface area contributed by atoms with Gasteiger partial charge >= 0.3 is 0 Å². The Balaban J connectivity index is 1.84. The standard InChI is InChI=1S/C14H27NO2/c1-4-6-10(16)9-15-12-11-7-5-8-17-13(11)14(12,2)3/h10-13,15-16H,4-9H2,1-3H3. The van der Waals surface area contributed by atoms with Crippen LogP contribution in [0.25, 0.3) is 0 Å². The second kappa shape index (κ2) is 5.25. The zero-order chi connectivity index (χ0) is 12.5. The van der Waals surface area contributed by atoms with Gasteiger partial charge in [0.2, 0.25) is 0 Å². The van der Waals surface area contributed by atoms with Crippen LogP contribution in [0.15, 0.2) is 0 Å². The monoisotopic (exact) mass is 241 g/mol. The van der Waals surface area contributed by atoms with Crippen LogP contribution in [0.1, 0.15) is 46.5 Å². The van der Waals surface area contributed by atoms with Crippen molar-refractivity contribution in [3.05, 3.63) is 0 Å². The molecule has 0 radical (unpaired) electrons. The van der Waals surface area contributed by atoms with E-state index in [0.29, 0.717) is 18.1 Å². The van der Waals surface area contributed by atoms with Crippen molar-refractivity contribution in [3.63, 3.8) is 0 Å². The molecule has 0 bridgehead atoms. The highest BCUT2D eigenvalue weighted by atomic mass is 16.5. The molecule has 17 heavy (non-hydrogen) atoms. The molecule has 2 rings (SSSR count). The third kappa shape index (κ3) is 2.51. The van der Waals surface area contributed by atoms with Gasteiger partial charge in [0.15, 0.2) is 0 Å². The van der Waals surface area contributed by atoms with Crippen LogP contribution in [0.5, 0.6) is 0 Å². The van der Waals surface area contributed by atoms with Crippen LogP contribution in [-0.2, 0) is 4.74 Å². The zero-order valence-corrected chi connectivity index (χ0v) is 11.4. The number of nitrogens with one attached hydrogen (secondary N) is 1. The summed E-state index contributed by atoms with van der Waals surface area (Å²) in [4.78, 5) is 0. The molecule has 2 N–H and O–H groups in total. The lowest BCUT2D eigenvalue weighted by molar-refractivity contribution is -0.193. The van der Waals surface area contributed by atoms with Gasteiger partial charge in [0, 0.05) is 30.5 Å². The number of ether oxygens (including phenoxy) is 1. The molecule has 0 aromatic carbocycles. The van der Waals surface area contributed by atoms with Crippen molar-refractivity contribution < 1.29 is 9.84 Å². The van der Waals surface area contributed by atoms with E-state index in [1.54, 1.807) is 0 Å². The lowest BCUT2D eigenvalue weighted by atomic mass is 9.55. The number of fused-ring (bicyclic) bond motifs is 1. The summed E-state index contributed by atoms with van der Waals surface area (Å²) in [5.74, 6) is 0.660. The summed E-state index contributed by atoms with van der Waals surface area (Å²) in [6.45, 7) is 8.33. The topological polar surface area (TPSA) is 41.5 Å². The van der Waals surface area contributed by atoms with Gasteiger partial charge in [-0.15, -0.1) is 0 Å². The van der Waals surface area contributed by atoms with Crippen LogP contribution in [0.4, 0.5) is 0 Å². The Morgan fingerprint density at radius 3 is 2.94 bits per heavy atom. The number of rotatable bonds is 5. The normalized spacial score (nSPS) is 37.1. The van der Waals surface area contributed by atoms with Gasteiger partial charge in [-0.3, -0.25) is 0 Å². The molecular formula is C14H27NO2. The fourth-order valence-electron chi connectivity index (χ4n) is 3.64. The van der Waals surface area contributed by atoms with Crippen molar-refractivity contribution >= 4 is 0 Å². The molecular weight excluding hydrogens is 214 g/mol. The van der Waals surface area contributed by atoms with Crippen molar-refractivity contribution in [2.75, 3.05) is 13.2 Å². The molecule has 1 aliphatic heterocycles. The lowest BCUT2D eigenvalue weighted by Gasteiger charge is -2.60. The summed E-state index contributed by atoms with van der Waals surface area (Å²) in [7, 11) is 0. The third-order valence-corrected chi connectivity index (χ3v) is 4.53. The minimum absolute atomic E-state index is 0.195. The first-order valence-corrected chi connectivity index (χ1v) is 7.10. The zero-order valence-electron chi connectivity index (χ0n) is 11.4. The van der Waals surface area contributed by atoms with Crippen molar-refractivity contribution in [1.29, 1.82) is 0 Å². The quantitative estimate of drug-likeness (QED) is 0.773. The second-order valence-electron chi connectivity index (χ2n) is 6.25. The van der Waals surface area contributed by atoms with Gasteiger partial charge in [-0.25, -0.2) is 0 Å². The van der Waals surface area contributed by atoms with Crippen molar-refractivity contribution in [3.8, 4) is 0 Å². The second-order valence-corrected chi connectivity index (χ2v) is 6.25. The van der Waals surface area contributed by atoms with Crippen LogP contribution in [0.3, 0.4) is 0 Å². The summed E-state index contributed by atoms with van der Waals surface area (Å²) in [6, 6.07) is 0.513. The summed E-state index contributed by atoms with van der Waals surface area (Å²) < 4.78 is 5.87. The Labute approximate surface area is 105 Å². The maximum absolute atomic E-state index is 9.79. The van der Waals surface area contributed by atoms with E-state index in [1.807, 2.05) is 0 Å². The van der Waals surface area contributed by atoms with E-state index in [0.717, 1.165) is 26.0 Å². The van der Waals surface area contributed by atoms with Crippen molar-refractivity contribution in [1.82, 2.24) is 5.32 Å². The lowest BCUT2D eigenvalue weighted by Crippen LogP contribution is -2.69. The van der Waals surface area contributed by atoms with E-state index in [2.05, 4.69) is 26.1 Å². The van der Waals surface area contributed by atoms with Crippen LogP contribution in [0, 0.1) is 11.3 Å². The van der Waals surface area contributed by atoms with Gasteiger partial charge < -0.3 is 15.2 Å². The van der Waals surface area contributed by atoms with E-state index in [1.165, 1.54) is 12.8 Å². The highest BCUT2D eigenvalue weighted by Crippen LogP contribution is 2.51. The predicted molar refractivity (Wildman–Crippen MR) is 69.0 cm³/mol. The van der Waals surface area contributed by atoms with Crippen LogP contribution >= 0.6 is 0 Å². The molecule has 0 amide bonds. The summed E-state index contributed by atoms with van der Waals surface area (Å²) in [5.41, 5.74) is 0.219. The largest absolute Gasteiger partial charge is 0.392 e. The van der Waals surface area contributed by atoms with Gasteiger partial charge in [-0.05, 0) is 19.3 Å². The van der Waals surface area contributed by atoms with Gasteiger partial charge in [0.05, 0.1) is 12.2 Å². The summed E-state index contributed by atoms with van der Waals surface area (Å²) >= 11 is 0. The Morgan fingerprint density at radius 1 is 1.47 bits per heavy atom. The van der Waals surface area contributed by atoms with Gasteiger partial charge in [-0.2, -0.15) is 0 Å². The third-order valence-electron chi connectivity index (χ3n) is 4.53. The number of hydrogen-bond acceptors (Lipinski definition) is 3. The number of aliphatic hydroxyl groups is 1. The van der Waals surface area contributed by atoms with Crippen molar-refractivity contribution in [2.24, 2.45) is 11.3 Å². The Kier molecular flexibility index (Phi) is 4.11. The Morgan fingerprint density at radius 2 is 2.24 bits per heavy atom. The molecule has 100 valence electrons. The molecule has 1 aliphatic carbocycles. The first kappa shape index (κ1) is 13.3. The molecule has 2 aliphatic rings. The van der Waals surface area contributed by atoms with Gasteiger partial charge in [0.25, 0.3) is 0 Å². The molecule has 1 saturated heterocycles. The number of hydrogen-bond donors (Lipinski definition) is 2. The number of aliphatic hydroxyl groups excluding tert-OH is 1. The van der Waals surface area contributed by atoms with E-state index in [-0.39, 0.29) is 11.5 Å². The molecule has 1 saturated carbocycles. The molecule has 2 fully saturated rings. The Hall–Kier alpha value is -0.120. The van der Waals surface area contributed by atoms with Crippen LogP contribution in [0.2, 0.25) is 0 Å². The highest BCUT2D eigenvalue weighted by Gasteiger charge is 2.57. The van der Waals surface area contributed by atoms with Gasteiger partial charge in [-0.1, -0.05) is 27.2 Å². The average molecular weight is 241 g/mol. The highest BCUT2D eigenvalue weighted by molar-refractivity contribution is 5.10. The molecule has 0 spiro atoms. The molecule has 4 atom stereocenters. The predicted octanol–water partition coefficient (Wildman–Crippen LogP) is 1.94. The molecule has 4 unspecified atom stereocenters.